The van der Waals surface area contributed by atoms with E-state index in [0.29, 0.717) is 13.1 Å². The van der Waals surface area contributed by atoms with Crippen LogP contribution in [0.3, 0.4) is 0 Å². The zero-order valence-corrected chi connectivity index (χ0v) is 13.4. The van der Waals surface area contributed by atoms with Crippen molar-refractivity contribution in [2.24, 2.45) is 17.8 Å². The van der Waals surface area contributed by atoms with Crippen molar-refractivity contribution >= 4 is 12.0 Å². The van der Waals surface area contributed by atoms with Gasteiger partial charge in [0.15, 0.2) is 0 Å². The molecule has 0 bridgehead atoms. The molecule has 0 aromatic carbocycles. The first-order valence-electron chi connectivity index (χ1n) is 8.24. The van der Waals surface area contributed by atoms with Gasteiger partial charge in [-0.2, -0.15) is 0 Å². The van der Waals surface area contributed by atoms with Crippen LogP contribution in [-0.2, 0) is 4.79 Å². The molecule has 0 spiro atoms. The maximum Gasteiger partial charge on any atom is 0.314 e. The molecular formula is C16H30N2O3. The van der Waals surface area contributed by atoms with Crippen LogP contribution in [0.4, 0.5) is 4.79 Å². The molecule has 0 radical (unpaired) electrons. The number of carbonyl (C=O) groups excluding carboxylic acids is 1. The number of hydrogen-bond donors (Lipinski definition) is 3. The van der Waals surface area contributed by atoms with Crippen LogP contribution in [0.2, 0.25) is 0 Å². The molecule has 0 aromatic heterocycles. The molecule has 5 nitrogen and oxygen atoms in total. The van der Waals surface area contributed by atoms with E-state index in [0.717, 1.165) is 24.7 Å². The fourth-order valence-electron chi connectivity index (χ4n) is 2.91. The summed E-state index contributed by atoms with van der Waals surface area (Å²) in [5.74, 6) is 0.804. The number of carbonyl (C=O) groups is 2. The molecule has 0 heterocycles. The summed E-state index contributed by atoms with van der Waals surface area (Å²) in [5, 5.41) is 14.4. The van der Waals surface area contributed by atoms with Gasteiger partial charge in [0, 0.05) is 19.5 Å². The Labute approximate surface area is 127 Å². The highest BCUT2D eigenvalue weighted by molar-refractivity contribution is 5.74. The number of amides is 2. The normalized spacial score (nSPS) is 23.3. The van der Waals surface area contributed by atoms with Crippen LogP contribution in [0.15, 0.2) is 0 Å². The summed E-state index contributed by atoms with van der Waals surface area (Å²) < 4.78 is 0. The highest BCUT2D eigenvalue weighted by Gasteiger charge is 2.18. The molecule has 0 aromatic rings. The van der Waals surface area contributed by atoms with Gasteiger partial charge in [-0.15, -0.1) is 0 Å². The minimum absolute atomic E-state index is 0.00748. The minimum atomic E-state index is -0.810. The van der Waals surface area contributed by atoms with Gasteiger partial charge >= 0.3 is 12.0 Å². The fourth-order valence-corrected chi connectivity index (χ4v) is 2.91. The van der Waals surface area contributed by atoms with E-state index in [9.17, 15) is 9.59 Å². The van der Waals surface area contributed by atoms with E-state index < -0.39 is 5.97 Å². The van der Waals surface area contributed by atoms with Crippen molar-refractivity contribution in [3.63, 3.8) is 0 Å². The van der Waals surface area contributed by atoms with E-state index in [2.05, 4.69) is 17.6 Å². The summed E-state index contributed by atoms with van der Waals surface area (Å²) >= 11 is 0. The smallest absolute Gasteiger partial charge is 0.314 e. The average Bonchev–Trinajstić information content (AvgIpc) is 2.45. The van der Waals surface area contributed by atoms with Crippen molar-refractivity contribution < 1.29 is 14.7 Å². The van der Waals surface area contributed by atoms with Crippen LogP contribution in [0, 0.1) is 17.8 Å². The second-order valence-electron chi connectivity index (χ2n) is 6.42. The monoisotopic (exact) mass is 298 g/mol. The number of carboxylic acids is 1. The highest BCUT2D eigenvalue weighted by atomic mass is 16.4. The topological polar surface area (TPSA) is 78.4 Å². The second-order valence-corrected chi connectivity index (χ2v) is 6.42. The molecule has 0 aliphatic heterocycles. The van der Waals surface area contributed by atoms with Crippen LogP contribution < -0.4 is 10.6 Å². The molecular weight excluding hydrogens is 268 g/mol. The van der Waals surface area contributed by atoms with E-state index in [4.69, 9.17) is 5.11 Å². The third-order valence-electron chi connectivity index (χ3n) is 4.57. The van der Waals surface area contributed by atoms with Crippen molar-refractivity contribution in [2.75, 3.05) is 13.1 Å². The second kappa shape index (κ2) is 9.64. The van der Waals surface area contributed by atoms with Gasteiger partial charge < -0.3 is 15.7 Å². The molecule has 1 aliphatic rings. The SMILES string of the molecule is CCC(CNC(=O)NCCC1CCC(C)CC1)CC(=O)O. The molecule has 0 saturated heterocycles. The van der Waals surface area contributed by atoms with Crippen molar-refractivity contribution in [1.82, 2.24) is 10.6 Å². The Hall–Kier alpha value is -1.26. The van der Waals surface area contributed by atoms with E-state index in [1.54, 1.807) is 0 Å². The molecule has 1 fully saturated rings. The fraction of sp³-hybridized carbons (Fsp3) is 0.875. The van der Waals surface area contributed by atoms with Crippen molar-refractivity contribution in [2.45, 2.75) is 58.8 Å². The Morgan fingerprint density at radius 2 is 1.86 bits per heavy atom. The van der Waals surface area contributed by atoms with Gasteiger partial charge in [0.1, 0.15) is 0 Å². The first kappa shape index (κ1) is 17.8. The van der Waals surface area contributed by atoms with E-state index in [-0.39, 0.29) is 18.4 Å². The van der Waals surface area contributed by atoms with Crippen LogP contribution in [0.25, 0.3) is 0 Å². The predicted molar refractivity (Wildman–Crippen MR) is 83.2 cm³/mol. The molecule has 122 valence electrons. The molecule has 21 heavy (non-hydrogen) atoms. The Balaban J connectivity index is 2.09. The first-order chi connectivity index (χ1) is 10.0. The maximum absolute atomic E-state index is 11.7. The molecule has 1 atom stereocenters. The summed E-state index contributed by atoms with van der Waals surface area (Å²) in [4.78, 5) is 22.3. The average molecular weight is 298 g/mol. The van der Waals surface area contributed by atoms with Crippen molar-refractivity contribution in [1.29, 1.82) is 0 Å². The quantitative estimate of drug-likeness (QED) is 0.644. The largest absolute Gasteiger partial charge is 0.481 e. The third kappa shape index (κ3) is 7.93. The lowest BCUT2D eigenvalue weighted by atomic mass is 9.81. The van der Waals surface area contributed by atoms with Crippen molar-refractivity contribution in [3.05, 3.63) is 0 Å². The van der Waals surface area contributed by atoms with Gasteiger partial charge in [-0.1, -0.05) is 46.0 Å². The lowest BCUT2D eigenvalue weighted by molar-refractivity contribution is -0.138. The molecule has 1 rings (SSSR count). The zero-order valence-electron chi connectivity index (χ0n) is 13.4. The molecule has 3 N–H and O–H groups in total. The van der Waals surface area contributed by atoms with Crippen LogP contribution in [-0.4, -0.2) is 30.2 Å². The lowest BCUT2D eigenvalue weighted by Crippen LogP contribution is -2.39. The number of urea groups is 1. The standard InChI is InChI=1S/C16H30N2O3/c1-3-13(10-15(19)20)11-18-16(21)17-9-8-14-6-4-12(2)5-7-14/h12-14H,3-11H2,1-2H3,(H,19,20)(H2,17,18,21). The summed E-state index contributed by atoms with van der Waals surface area (Å²) in [7, 11) is 0. The lowest BCUT2D eigenvalue weighted by Gasteiger charge is -2.26. The Kier molecular flexibility index (Phi) is 8.16. The zero-order chi connectivity index (χ0) is 15.7. The van der Waals surface area contributed by atoms with Crippen LogP contribution in [0.1, 0.15) is 58.8 Å². The maximum atomic E-state index is 11.7. The van der Waals surface area contributed by atoms with Gasteiger partial charge in [-0.05, 0) is 24.2 Å². The van der Waals surface area contributed by atoms with E-state index >= 15 is 0 Å². The van der Waals surface area contributed by atoms with Crippen LogP contribution in [0.5, 0.6) is 0 Å². The van der Waals surface area contributed by atoms with Gasteiger partial charge in [-0.3, -0.25) is 4.79 Å². The molecule has 1 unspecified atom stereocenters. The number of hydrogen-bond acceptors (Lipinski definition) is 2. The predicted octanol–water partition coefficient (Wildman–Crippen LogP) is 3.00. The first-order valence-corrected chi connectivity index (χ1v) is 8.24. The van der Waals surface area contributed by atoms with Gasteiger partial charge in [0.25, 0.3) is 0 Å². The van der Waals surface area contributed by atoms with Crippen LogP contribution >= 0.6 is 0 Å². The summed E-state index contributed by atoms with van der Waals surface area (Å²) in [6, 6.07) is -0.178. The summed E-state index contributed by atoms with van der Waals surface area (Å²) in [5.41, 5.74) is 0. The molecule has 5 heteroatoms. The Morgan fingerprint density at radius 3 is 2.43 bits per heavy atom. The Bertz CT molecular complexity index is 325. The molecule has 2 amide bonds. The van der Waals surface area contributed by atoms with E-state index in [1.807, 2.05) is 6.92 Å². The van der Waals surface area contributed by atoms with Gasteiger partial charge in [0.2, 0.25) is 0 Å². The number of nitrogens with one attached hydrogen (secondary N) is 2. The summed E-state index contributed by atoms with van der Waals surface area (Å²) in [6.07, 6.45) is 7.09. The van der Waals surface area contributed by atoms with Gasteiger partial charge in [-0.25, -0.2) is 4.79 Å². The molecule has 1 aliphatic carbocycles. The third-order valence-corrected chi connectivity index (χ3v) is 4.57. The van der Waals surface area contributed by atoms with Crippen molar-refractivity contribution in [3.8, 4) is 0 Å². The molecule has 1 saturated carbocycles. The number of carboxylic acid groups (broad SMARTS) is 1. The number of rotatable bonds is 8. The van der Waals surface area contributed by atoms with Gasteiger partial charge in [0.05, 0.1) is 0 Å². The minimum Gasteiger partial charge on any atom is -0.481 e. The highest BCUT2D eigenvalue weighted by Crippen LogP contribution is 2.29. The Morgan fingerprint density at radius 1 is 1.19 bits per heavy atom. The number of aliphatic carboxylic acids is 1. The summed E-state index contributed by atoms with van der Waals surface area (Å²) in [6.45, 7) is 5.39. The van der Waals surface area contributed by atoms with E-state index in [1.165, 1.54) is 25.7 Å².